The predicted molar refractivity (Wildman–Crippen MR) is 83.5 cm³/mol. The largest absolute Gasteiger partial charge is 0.342 e. The summed E-state index contributed by atoms with van der Waals surface area (Å²) in [6.07, 6.45) is 2.17. The molecule has 1 aliphatic carbocycles. The highest BCUT2D eigenvalue weighted by molar-refractivity contribution is 9.10. The smallest absolute Gasteiger partial charge is 0.226 e. The second-order valence-corrected chi connectivity index (χ2v) is 7.44. The average molecular weight is 340 g/mol. The molecule has 2 aliphatic rings. The van der Waals surface area contributed by atoms with Crippen molar-refractivity contribution in [2.75, 3.05) is 24.6 Å². The minimum absolute atomic E-state index is 0.234. The van der Waals surface area contributed by atoms with Crippen LogP contribution < -0.4 is 0 Å². The third-order valence-corrected chi connectivity index (χ3v) is 5.46. The first kappa shape index (κ1) is 13.5. The van der Waals surface area contributed by atoms with E-state index in [4.69, 9.17) is 0 Å². The molecule has 1 aromatic rings. The van der Waals surface area contributed by atoms with Gasteiger partial charge in [0, 0.05) is 29.2 Å². The van der Waals surface area contributed by atoms with Crippen LogP contribution in [0, 0.1) is 5.92 Å². The van der Waals surface area contributed by atoms with Gasteiger partial charge in [0.2, 0.25) is 5.91 Å². The molecule has 2 nitrogen and oxygen atoms in total. The Labute approximate surface area is 127 Å². The molecule has 4 heteroatoms. The molecule has 2 atom stereocenters. The van der Waals surface area contributed by atoms with E-state index in [1.807, 2.05) is 17.8 Å². The van der Waals surface area contributed by atoms with Crippen LogP contribution in [0.15, 0.2) is 28.7 Å². The molecule has 1 aliphatic heterocycles. The van der Waals surface area contributed by atoms with Gasteiger partial charge >= 0.3 is 0 Å². The lowest BCUT2D eigenvalue weighted by Crippen LogP contribution is -2.34. The first-order valence-corrected chi connectivity index (χ1v) is 8.82. The highest BCUT2D eigenvalue weighted by Crippen LogP contribution is 2.49. The SMILES string of the molecule is O=C([C@H]1C[C@@H]1c1cccc(Br)c1)N1CCCSCC1. The van der Waals surface area contributed by atoms with E-state index in [1.54, 1.807) is 0 Å². The zero-order chi connectivity index (χ0) is 13.2. The lowest BCUT2D eigenvalue weighted by atomic mass is 10.1. The topological polar surface area (TPSA) is 20.3 Å². The molecular weight excluding hydrogens is 322 g/mol. The van der Waals surface area contributed by atoms with Crippen LogP contribution >= 0.6 is 27.7 Å². The number of hydrogen-bond donors (Lipinski definition) is 0. The van der Waals surface area contributed by atoms with E-state index >= 15 is 0 Å². The van der Waals surface area contributed by atoms with E-state index in [0.717, 1.165) is 36.2 Å². The zero-order valence-corrected chi connectivity index (χ0v) is 13.3. The summed E-state index contributed by atoms with van der Waals surface area (Å²) in [4.78, 5) is 14.6. The van der Waals surface area contributed by atoms with Crippen LogP contribution in [-0.4, -0.2) is 35.4 Å². The summed E-state index contributed by atoms with van der Waals surface area (Å²) >= 11 is 5.47. The van der Waals surface area contributed by atoms with Gasteiger partial charge in [0.25, 0.3) is 0 Å². The maximum absolute atomic E-state index is 12.5. The monoisotopic (exact) mass is 339 g/mol. The number of nitrogens with zero attached hydrogens (tertiary/aromatic N) is 1. The Bertz CT molecular complexity index is 471. The highest BCUT2D eigenvalue weighted by Gasteiger charge is 2.45. The van der Waals surface area contributed by atoms with Crippen molar-refractivity contribution in [2.45, 2.75) is 18.8 Å². The fraction of sp³-hybridized carbons (Fsp3) is 0.533. The van der Waals surface area contributed by atoms with E-state index in [0.29, 0.717) is 11.8 Å². The number of amides is 1. The molecule has 0 aromatic heterocycles. The summed E-state index contributed by atoms with van der Waals surface area (Å²) in [5.41, 5.74) is 1.30. The quantitative estimate of drug-likeness (QED) is 0.821. The van der Waals surface area contributed by atoms with Crippen LogP contribution in [0.2, 0.25) is 0 Å². The van der Waals surface area contributed by atoms with Crippen LogP contribution in [0.4, 0.5) is 0 Å². The minimum Gasteiger partial charge on any atom is -0.342 e. The van der Waals surface area contributed by atoms with E-state index < -0.39 is 0 Å². The minimum atomic E-state index is 0.234. The van der Waals surface area contributed by atoms with Crippen molar-refractivity contribution in [3.8, 4) is 0 Å². The van der Waals surface area contributed by atoms with Gasteiger partial charge < -0.3 is 4.90 Å². The number of hydrogen-bond acceptors (Lipinski definition) is 2. The van der Waals surface area contributed by atoms with Crippen molar-refractivity contribution < 1.29 is 4.79 Å². The van der Waals surface area contributed by atoms with Crippen molar-refractivity contribution in [1.29, 1.82) is 0 Å². The number of benzene rings is 1. The Morgan fingerprint density at radius 3 is 3.05 bits per heavy atom. The van der Waals surface area contributed by atoms with Gasteiger partial charge in [0.15, 0.2) is 0 Å². The summed E-state index contributed by atoms with van der Waals surface area (Å²) in [6.45, 7) is 1.89. The van der Waals surface area contributed by atoms with Gasteiger partial charge in [-0.25, -0.2) is 0 Å². The van der Waals surface area contributed by atoms with Crippen LogP contribution in [0.5, 0.6) is 0 Å². The molecule has 1 saturated heterocycles. The number of carbonyl (C=O) groups excluding carboxylic acids is 1. The molecule has 2 fully saturated rings. The first-order valence-electron chi connectivity index (χ1n) is 6.88. The maximum Gasteiger partial charge on any atom is 0.226 e. The number of halogens is 1. The number of thioether (sulfide) groups is 1. The normalized spacial score (nSPS) is 26.9. The Hall–Kier alpha value is -0.480. The Kier molecular flexibility index (Phi) is 4.18. The van der Waals surface area contributed by atoms with Crippen LogP contribution in [0.3, 0.4) is 0 Å². The fourth-order valence-corrected chi connectivity index (χ4v) is 4.08. The Balaban J connectivity index is 1.64. The third kappa shape index (κ3) is 3.16. The Morgan fingerprint density at radius 1 is 1.32 bits per heavy atom. The molecule has 102 valence electrons. The van der Waals surface area contributed by atoms with E-state index in [2.05, 4.69) is 39.0 Å². The number of rotatable bonds is 2. The molecule has 0 unspecified atom stereocenters. The number of carbonyl (C=O) groups is 1. The van der Waals surface area contributed by atoms with Crippen LogP contribution in [0.1, 0.15) is 24.3 Å². The van der Waals surface area contributed by atoms with Gasteiger partial charge in [0.05, 0.1) is 0 Å². The molecule has 1 amide bonds. The molecule has 0 radical (unpaired) electrons. The molecule has 0 N–H and O–H groups in total. The van der Waals surface area contributed by atoms with Gasteiger partial charge in [-0.1, -0.05) is 28.1 Å². The molecule has 1 heterocycles. The maximum atomic E-state index is 12.5. The lowest BCUT2D eigenvalue weighted by molar-refractivity contribution is -0.132. The molecule has 0 spiro atoms. The highest BCUT2D eigenvalue weighted by atomic mass is 79.9. The molecule has 0 bridgehead atoms. The van der Waals surface area contributed by atoms with Crippen molar-refractivity contribution in [3.05, 3.63) is 34.3 Å². The summed E-state index contributed by atoms with van der Waals surface area (Å²) in [6, 6.07) is 8.38. The average Bonchev–Trinajstić information content (AvgIpc) is 3.22. The predicted octanol–water partition coefficient (Wildman–Crippen LogP) is 3.52. The molecule has 3 rings (SSSR count). The van der Waals surface area contributed by atoms with E-state index in [-0.39, 0.29) is 5.92 Å². The summed E-state index contributed by atoms with van der Waals surface area (Å²) < 4.78 is 1.11. The van der Waals surface area contributed by atoms with Crippen molar-refractivity contribution >= 4 is 33.6 Å². The van der Waals surface area contributed by atoms with Crippen LogP contribution in [-0.2, 0) is 4.79 Å². The second-order valence-electron chi connectivity index (χ2n) is 5.29. The zero-order valence-electron chi connectivity index (χ0n) is 10.8. The van der Waals surface area contributed by atoms with Crippen molar-refractivity contribution in [2.24, 2.45) is 5.92 Å². The Morgan fingerprint density at radius 2 is 2.21 bits per heavy atom. The fourth-order valence-electron chi connectivity index (χ4n) is 2.77. The van der Waals surface area contributed by atoms with Gasteiger partial charge in [-0.3, -0.25) is 4.79 Å². The molecule has 1 saturated carbocycles. The van der Waals surface area contributed by atoms with Gasteiger partial charge in [-0.15, -0.1) is 0 Å². The summed E-state index contributed by atoms with van der Waals surface area (Å²) in [5.74, 6) is 3.36. The summed E-state index contributed by atoms with van der Waals surface area (Å²) in [7, 11) is 0. The van der Waals surface area contributed by atoms with Crippen molar-refractivity contribution in [3.63, 3.8) is 0 Å². The van der Waals surface area contributed by atoms with Crippen LogP contribution in [0.25, 0.3) is 0 Å². The summed E-state index contributed by atoms with van der Waals surface area (Å²) in [5, 5.41) is 0. The van der Waals surface area contributed by atoms with Gasteiger partial charge in [-0.2, -0.15) is 11.8 Å². The molecule has 19 heavy (non-hydrogen) atoms. The standard InChI is InChI=1S/C15H18BrNOS/c16-12-4-1-3-11(9-12)13-10-14(13)15(18)17-5-2-7-19-8-6-17/h1,3-4,9,13-14H,2,5-8,10H2/t13-,14+/m1/s1. The van der Waals surface area contributed by atoms with Gasteiger partial charge in [0.1, 0.15) is 0 Å². The molecular formula is C15H18BrNOS. The lowest BCUT2D eigenvalue weighted by Gasteiger charge is -2.20. The van der Waals surface area contributed by atoms with Gasteiger partial charge in [-0.05, 0) is 42.2 Å². The van der Waals surface area contributed by atoms with E-state index in [9.17, 15) is 4.79 Å². The third-order valence-electron chi connectivity index (χ3n) is 3.92. The molecule has 1 aromatic carbocycles. The van der Waals surface area contributed by atoms with E-state index in [1.165, 1.54) is 11.3 Å². The second kappa shape index (κ2) is 5.88. The van der Waals surface area contributed by atoms with Crippen molar-refractivity contribution in [1.82, 2.24) is 4.90 Å². The first-order chi connectivity index (χ1) is 9.25.